The Kier molecular flexibility index (Phi) is 5.53. The Morgan fingerprint density at radius 1 is 1.13 bits per heavy atom. The number of nitrogens with two attached hydrogens (primary N) is 1. The lowest BCUT2D eigenvalue weighted by Gasteiger charge is -2.29. The Morgan fingerprint density at radius 2 is 1.80 bits per heavy atom. The maximum Gasteiger partial charge on any atom is 0.0343 e. The first kappa shape index (κ1) is 12.9. The third-order valence-corrected chi connectivity index (χ3v) is 3.43. The van der Waals surface area contributed by atoms with Crippen molar-refractivity contribution in [2.45, 2.75) is 13.0 Å². The molecule has 0 radical (unpaired) electrons. The molecule has 4 nitrogen and oxygen atoms in total. The van der Waals surface area contributed by atoms with E-state index in [1.54, 1.807) is 0 Å². The quantitative estimate of drug-likeness (QED) is 0.673. The van der Waals surface area contributed by atoms with E-state index in [2.05, 4.69) is 35.7 Å². The van der Waals surface area contributed by atoms with Crippen LogP contribution in [0.5, 0.6) is 0 Å². The summed E-state index contributed by atoms with van der Waals surface area (Å²) in [5.41, 5.74) is 5.81. The van der Waals surface area contributed by atoms with Crippen LogP contribution in [0.2, 0.25) is 0 Å². The predicted octanol–water partition coefficient (Wildman–Crippen LogP) is -0.487. The Balaban J connectivity index is 2.55. The molecule has 0 aromatic carbocycles. The van der Waals surface area contributed by atoms with Crippen molar-refractivity contribution in [3.63, 3.8) is 0 Å². The lowest BCUT2D eigenvalue weighted by Crippen LogP contribution is -2.46. The summed E-state index contributed by atoms with van der Waals surface area (Å²) in [5, 5.41) is 0. The van der Waals surface area contributed by atoms with Crippen molar-refractivity contribution in [1.29, 1.82) is 0 Å². The molecule has 1 saturated heterocycles. The number of rotatable bonds is 2. The molecule has 1 fully saturated rings. The van der Waals surface area contributed by atoms with Crippen molar-refractivity contribution in [3.05, 3.63) is 0 Å². The monoisotopic (exact) mass is 214 g/mol. The van der Waals surface area contributed by atoms with Crippen molar-refractivity contribution in [2.24, 2.45) is 5.73 Å². The molecule has 0 spiro atoms. The SMILES string of the molecule is CCN1CCN(C)CC(CN)N(C)CC1. The maximum absolute atomic E-state index is 5.81. The summed E-state index contributed by atoms with van der Waals surface area (Å²) < 4.78 is 0. The van der Waals surface area contributed by atoms with Crippen molar-refractivity contribution in [1.82, 2.24) is 14.7 Å². The van der Waals surface area contributed by atoms with E-state index < -0.39 is 0 Å². The highest BCUT2D eigenvalue weighted by Gasteiger charge is 2.18. The largest absolute Gasteiger partial charge is 0.329 e. The lowest BCUT2D eigenvalue weighted by molar-refractivity contribution is 0.196. The molecule has 1 heterocycles. The molecule has 90 valence electrons. The van der Waals surface area contributed by atoms with Gasteiger partial charge in [0.15, 0.2) is 0 Å². The van der Waals surface area contributed by atoms with Crippen LogP contribution in [0, 0.1) is 0 Å². The average Bonchev–Trinajstić information content (AvgIpc) is 2.30. The summed E-state index contributed by atoms with van der Waals surface area (Å²) >= 11 is 0. The van der Waals surface area contributed by atoms with Gasteiger partial charge in [0.25, 0.3) is 0 Å². The van der Waals surface area contributed by atoms with Gasteiger partial charge >= 0.3 is 0 Å². The van der Waals surface area contributed by atoms with E-state index in [4.69, 9.17) is 5.73 Å². The van der Waals surface area contributed by atoms with E-state index in [1.807, 2.05) is 0 Å². The summed E-state index contributed by atoms with van der Waals surface area (Å²) in [7, 11) is 4.38. The van der Waals surface area contributed by atoms with E-state index in [9.17, 15) is 0 Å². The van der Waals surface area contributed by atoms with Gasteiger partial charge in [0.05, 0.1) is 0 Å². The van der Waals surface area contributed by atoms with Gasteiger partial charge in [-0.3, -0.25) is 4.90 Å². The zero-order valence-electron chi connectivity index (χ0n) is 10.4. The normalized spacial score (nSPS) is 28.4. The summed E-state index contributed by atoms with van der Waals surface area (Å²) in [4.78, 5) is 7.29. The maximum atomic E-state index is 5.81. The second kappa shape index (κ2) is 6.43. The van der Waals surface area contributed by atoms with Gasteiger partial charge in [0, 0.05) is 45.3 Å². The second-order valence-electron chi connectivity index (χ2n) is 4.57. The van der Waals surface area contributed by atoms with Gasteiger partial charge in [-0.15, -0.1) is 0 Å². The van der Waals surface area contributed by atoms with Gasteiger partial charge in [-0.05, 0) is 20.6 Å². The third kappa shape index (κ3) is 4.07. The molecule has 0 saturated carbocycles. The van der Waals surface area contributed by atoms with Crippen LogP contribution in [0.15, 0.2) is 0 Å². The average molecular weight is 214 g/mol. The van der Waals surface area contributed by atoms with E-state index in [0.29, 0.717) is 6.04 Å². The summed E-state index contributed by atoms with van der Waals surface area (Å²) in [6.07, 6.45) is 0. The number of nitrogens with zero attached hydrogens (tertiary/aromatic N) is 3. The third-order valence-electron chi connectivity index (χ3n) is 3.43. The van der Waals surface area contributed by atoms with E-state index in [0.717, 1.165) is 39.3 Å². The van der Waals surface area contributed by atoms with Crippen LogP contribution in [-0.4, -0.2) is 80.7 Å². The van der Waals surface area contributed by atoms with Crippen molar-refractivity contribution < 1.29 is 0 Å². The fraction of sp³-hybridized carbons (Fsp3) is 1.00. The fourth-order valence-corrected chi connectivity index (χ4v) is 2.07. The van der Waals surface area contributed by atoms with Gasteiger partial charge in [-0.1, -0.05) is 6.92 Å². The van der Waals surface area contributed by atoms with Crippen molar-refractivity contribution >= 4 is 0 Å². The minimum atomic E-state index is 0.506. The molecular formula is C11H26N4. The summed E-state index contributed by atoms with van der Waals surface area (Å²) in [6.45, 7) is 9.85. The topological polar surface area (TPSA) is 35.7 Å². The number of likely N-dealkylation sites (N-methyl/N-ethyl adjacent to an activating group) is 3. The molecule has 1 aliphatic heterocycles. The molecule has 0 aromatic rings. The van der Waals surface area contributed by atoms with Crippen LogP contribution in [-0.2, 0) is 0 Å². The molecule has 0 bridgehead atoms. The van der Waals surface area contributed by atoms with Gasteiger partial charge < -0.3 is 15.5 Å². The van der Waals surface area contributed by atoms with Crippen LogP contribution in [0.25, 0.3) is 0 Å². The van der Waals surface area contributed by atoms with Gasteiger partial charge in [0.1, 0.15) is 0 Å². The minimum Gasteiger partial charge on any atom is -0.329 e. The van der Waals surface area contributed by atoms with E-state index in [-0.39, 0.29) is 0 Å². The van der Waals surface area contributed by atoms with Crippen LogP contribution in [0.3, 0.4) is 0 Å². The van der Waals surface area contributed by atoms with E-state index >= 15 is 0 Å². The Hall–Kier alpha value is -0.160. The minimum absolute atomic E-state index is 0.506. The van der Waals surface area contributed by atoms with Crippen LogP contribution >= 0.6 is 0 Å². The van der Waals surface area contributed by atoms with Crippen molar-refractivity contribution in [2.75, 3.05) is 59.9 Å². The van der Waals surface area contributed by atoms with Gasteiger partial charge in [-0.25, -0.2) is 0 Å². The highest BCUT2D eigenvalue weighted by molar-refractivity contribution is 4.76. The van der Waals surface area contributed by atoms with Gasteiger partial charge in [-0.2, -0.15) is 0 Å². The molecule has 1 atom stereocenters. The zero-order valence-corrected chi connectivity index (χ0v) is 10.4. The lowest BCUT2D eigenvalue weighted by atomic mass is 10.2. The Bertz CT molecular complexity index is 174. The molecule has 1 unspecified atom stereocenters. The number of hydrogen-bond acceptors (Lipinski definition) is 4. The predicted molar refractivity (Wildman–Crippen MR) is 65.1 cm³/mol. The first-order valence-electron chi connectivity index (χ1n) is 5.98. The first-order chi connectivity index (χ1) is 7.17. The first-order valence-corrected chi connectivity index (χ1v) is 5.98. The second-order valence-corrected chi connectivity index (χ2v) is 4.57. The smallest absolute Gasteiger partial charge is 0.0343 e. The molecule has 0 aromatic heterocycles. The molecular weight excluding hydrogens is 188 g/mol. The molecule has 2 N–H and O–H groups in total. The molecule has 0 aliphatic carbocycles. The highest BCUT2D eigenvalue weighted by Crippen LogP contribution is 2.02. The summed E-state index contributed by atoms with van der Waals surface area (Å²) in [5.74, 6) is 0. The molecule has 15 heavy (non-hydrogen) atoms. The van der Waals surface area contributed by atoms with Crippen LogP contribution in [0.4, 0.5) is 0 Å². The molecule has 4 heteroatoms. The molecule has 1 rings (SSSR count). The Labute approximate surface area is 94.0 Å². The summed E-state index contributed by atoms with van der Waals surface area (Å²) in [6, 6.07) is 0.506. The molecule has 1 aliphatic rings. The van der Waals surface area contributed by atoms with Crippen molar-refractivity contribution in [3.8, 4) is 0 Å². The Morgan fingerprint density at radius 3 is 2.40 bits per heavy atom. The van der Waals surface area contributed by atoms with Gasteiger partial charge in [0.2, 0.25) is 0 Å². The zero-order chi connectivity index (χ0) is 11.3. The highest BCUT2D eigenvalue weighted by atomic mass is 15.3. The standard InChI is InChI=1S/C11H26N4/c1-4-15-7-5-13(2)10-11(9-12)14(3)6-8-15/h11H,4-10,12H2,1-3H3. The molecule has 0 amide bonds. The van der Waals surface area contributed by atoms with Crippen LogP contribution in [0.1, 0.15) is 6.92 Å². The van der Waals surface area contributed by atoms with Crippen LogP contribution < -0.4 is 5.73 Å². The number of hydrogen-bond donors (Lipinski definition) is 1. The van der Waals surface area contributed by atoms with E-state index in [1.165, 1.54) is 6.54 Å². The fourth-order valence-electron chi connectivity index (χ4n) is 2.07.